The molecule has 0 spiro atoms. The number of halogens is 5. The van der Waals surface area contributed by atoms with Crippen molar-refractivity contribution in [1.82, 2.24) is 10.4 Å². The Balaban J connectivity index is 1.98. The molecule has 0 radical (unpaired) electrons. The summed E-state index contributed by atoms with van der Waals surface area (Å²) >= 11 is 0. The molecular formula is C18H14F5N3O. The van der Waals surface area contributed by atoms with E-state index < -0.39 is 35.3 Å². The van der Waals surface area contributed by atoms with Crippen LogP contribution in [0.15, 0.2) is 48.7 Å². The summed E-state index contributed by atoms with van der Waals surface area (Å²) in [6.45, 7) is 0. The quantitative estimate of drug-likeness (QED) is 0.626. The summed E-state index contributed by atoms with van der Waals surface area (Å²) in [6.07, 6.45) is -0.763. The summed E-state index contributed by atoms with van der Waals surface area (Å²) in [7, 11) is 1.45. The van der Waals surface area contributed by atoms with Crippen molar-refractivity contribution in [3.05, 3.63) is 66.1 Å². The van der Waals surface area contributed by atoms with Crippen LogP contribution in [-0.2, 0) is 4.79 Å². The molecule has 4 nitrogen and oxygen atoms in total. The molecule has 0 fully saturated rings. The average Bonchev–Trinajstić information content (AvgIpc) is 3.03. The Morgan fingerprint density at radius 1 is 1.15 bits per heavy atom. The van der Waals surface area contributed by atoms with Crippen LogP contribution in [0.1, 0.15) is 0 Å². The first-order valence-electron chi connectivity index (χ1n) is 7.78. The van der Waals surface area contributed by atoms with Crippen molar-refractivity contribution in [2.75, 3.05) is 12.4 Å². The lowest BCUT2D eigenvalue weighted by Crippen LogP contribution is -2.58. The number of hydrogen-bond acceptors (Lipinski definition) is 3. The van der Waals surface area contributed by atoms with E-state index in [2.05, 4.69) is 10.7 Å². The van der Waals surface area contributed by atoms with Crippen LogP contribution >= 0.6 is 0 Å². The number of nitrogens with one attached hydrogen (secondary N) is 2. The largest absolute Gasteiger partial charge is 0.323 e. The van der Waals surface area contributed by atoms with Gasteiger partial charge in [0.15, 0.2) is 23.0 Å². The van der Waals surface area contributed by atoms with Crippen LogP contribution in [0.2, 0.25) is 0 Å². The Hall–Kier alpha value is -2.94. The number of anilines is 1. The fraction of sp³-hybridized carbons (Fsp3) is 0.167. The minimum atomic E-state index is -3.06. The zero-order valence-electron chi connectivity index (χ0n) is 13.9. The Morgan fingerprint density at radius 3 is 2.33 bits per heavy atom. The molecule has 2 aromatic carbocycles. The summed E-state index contributed by atoms with van der Waals surface area (Å²) in [6, 6.07) is 7.35. The van der Waals surface area contributed by atoms with Gasteiger partial charge >= 0.3 is 0 Å². The van der Waals surface area contributed by atoms with Crippen LogP contribution in [-0.4, -0.2) is 29.9 Å². The van der Waals surface area contributed by atoms with Gasteiger partial charge in [0.2, 0.25) is 0 Å². The lowest BCUT2D eigenvalue weighted by atomic mass is 9.99. The Labute approximate surface area is 151 Å². The second kappa shape index (κ2) is 6.99. The van der Waals surface area contributed by atoms with E-state index in [1.54, 1.807) is 0 Å². The summed E-state index contributed by atoms with van der Waals surface area (Å²) in [5.74, 6) is -5.50. The van der Waals surface area contributed by atoms with Gasteiger partial charge in [-0.3, -0.25) is 4.79 Å². The molecular weight excluding hydrogens is 369 g/mol. The number of hydrazine groups is 1. The smallest absolute Gasteiger partial charge is 0.270 e. The van der Waals surface area contributed by atoms with Crippen molar-refractivity contribution in [2.45, 2.75) is 12.0 Å². The first kappa shape index (κ1) is 18.8. The minimum Gasteiger partial charge on any atom is -0.323 e. The van der Waals surface area contributed by atoms with E-state index in [4.69, 9.17) is 0 Å². The molecule has 27 heavy (non-hydrogen) atoms. The standard InChI is InChI=1S/C18H14F5N3O/c1-26-7-6-18(25-26,16(22)23)17(27)24-14-5-3-2-4-11(14)10-8-12(19)15(21)13(20)9-10/h2-9,16,25H,1H3,(H,24,27). The topological polar surface area (TPSA) is 44.4 Å². The summed E-state index contributed by atoms with van der Waals surface area (Å²) < 4.78 is 67.4. The minimum absolute atomic E-state index is 0.0395. The number of carbonyl (C=O) groups is 1. The van der Waals surface area contributed by atoms with Crippen molar-refractivity contribution in [2.24, 2.45) is 0 Å². The number of hydrogen-bond donors (Lipinski definition) is 2. The molecule has 0 aliphatic carbocycles. The molecule has 3 rings (SSSR count). The summed E-state index contributed by atoms with van der Waals surface area (Å²) in [5, 5.41) is 3.56. The van der Waals surface area contributed by atoms with E-state index in [-0.39, 0.29) is 16.8 Å². The van der Waals surface area contributed by atoms with E-state index in [9.17, 15) is 26.7 Å². The van der Waals surface area contributed by atoms with E-state index >= 15 is 0 Å². The van der Waals surface area contributed by atoms with Gasteiger partial charge in [0.05, 0.1) is 0 Å². The van der Waals surface area contributed by atoms with Gasteiger partial charge in [-0.1, -0.05) is 18.2 Å². The normalized spacial score (nSPS) is 19.0. The van der Waals surface area contributed by atoms with E-state index in [0.717, 1.165) is 18.2 Å². The molecule has 1 amide bonds. The number of nitrogens with zero attached hydrogens (tertiary/aromatic N) is 1. The highest BCUT2D eigenvalue weighted by atomic mass is 19.3. The fourth-order valence-electron chi connectivity index (χ4n) is 2.72. The van der Waals surface area contributed by atoms with Crippen molar-refractivity contribution in [1.29, 1.82) is 0 Å². The van der Waals surface area contributed by atoms with Crippen LogP contribution in [0.5, 0.6) is 0 Å². The third-order valence-corrected chi connectivity index (χ3v) is 4.11. The maximum absolute atomic E-state index is 13.6. The molecule has 0 aromatic heterocycles. The first-order valence-corrected chi connectivity index (χ1v) is 7.78. The second-order valence-corrected chi connectivity index (χ2v) is 5.96. The van der Waals surface area contributed by atoms with Crippen LogP contribution in [0.3, 0.4) is 0 Å². The zero-order valence-corrected chi connectivity index (χ0v) is 13.9. The summed E-state index contributed by atoms with van der Waals surface area (Å²) in [5.41, 5.74) is 0.198. The predicted octanol–water partition coefficient (Wildman–Crippen LogP) is 3.68. The van der Waals surface area contributed by atoms with Crippen molar-refractivity contribution in [3.8, 4) is 11.1 Å². The Bertz CT molecular complexity index is 895. The molecule has 1 aliphatic heterocycles. The number of rotatable bonds is 4. The number of amides is 1. The lowest BCUT2D eigenvalue weighted by molar-refractivity contribution is -0.127. The molecule has 2 N–H and O–H groups in total. The zero-order chi connectivity index (χ0) is 19.8. The number of para-hydroxylation sites is 1. The van der Waals surface area contributed by atoms with Crippen LogP contribution in [0, 0.1) is 17.5 Å². The predicted molar refractivity (Wildman–Crippen MR) is 89.2 cm³/mol. The number of carbonyl (C=O) groups excluding carboxylic acids is 1. The maximum atomic E-state index is 13.6. The lowest BCUT2D eigenvalue weighted by Gasteiger charge is -2.28. The van der Waals surface area contributed by atoms with Crippen molar-refractivity contribution >= 4 is 11.6 Å². The van der Waals surface area contributed by atoms with Crippen LogP contribution in [0.25, 0.3) is 11.1 Å². The molecule has 0 saturated heterocycles. The summed E-state index contributed by atoms with van der Waals surface area (Å²) in [4.78, 5) is 12.6. The SMILES string of the molecule is CN1C=CC(C(=O)Nc2ccccc2-c2cc(F)c(F)c(F)c2)(C(F)F)N1. The highest BCUT2D eigenvalue weighted by molar-refractivity contribution is 6.03. The number of benzene rings is 2. The molecule has 2 aromatic rings. The van der Waals surface area contributed by atoms with Crippen LogP contribution < -0.4 is 10.7 Å². The molecule has 9 heteroatoms. The first-order chi connectivity index (χ1) is 12.7. The number of alkyl halides is 2. The van der Waals surface area contributed by atoms with Crippen LogP contribution in [0.4, 0.5) is 27.6 Å². The monoisotopic (exact) mass is 383 g/mol. The van der Waals surface area contributed by atoms with Crippen molar-refractivity contribution < 1.29 is 26.7 Å². The van der Waals surface area contributed by atoms with Gasteiger partial charge in [-0.15, -0.1) is 0 Å². The molecule has 1 aliphatic rings. The Morgan fingerprint density at radius 2 is 1.78 bits per heavy atom. The molecule has 0 bridgehead atoms. The van der Waals surface area contributed by atoms with Crippen molar-refractivity contribution in [3.63, 3.8) is 0 Å². The van der Waals surface area contributed by atoms with Gasteiger partial charge in [-0.25, -0.2) is 27.4 Å². The van der Waals surface area contributed by atoms with E-state index in [1.807, 2.05) is 0 Å². The molecule has 0 saturated carbocycles. The highest BCUT2D eigenvalue weighted by Crippen LogP contribution is 2.32. The molecule has 1 unspecified atom stereocenters. The Kier molecular flexibility index (Phi) is 4.88. The van der Waals surface area contributed by atoms with Gasteiger partial charge < -0.3 is 10.3 Å². The third kappa shape index (κ3) is 3.37. The van der Waals surface area contributed by atoms with E-state index in [0.29, 0.717) is 0 Å². The van der Waals surface area contributed by atoms with Gasteiger partial charge in [0, 0.05) is 24.5 Å². The molecule has 1 heterocycles. The third-order valence-electron chi connectivity index (χ3n) is 4.11. The van der Waals surface area contributed by atoms with Gasteiger partial charge in [0.1, 0.15) is 0 Å². The van der Waals surface area contributed by atoms with Gasteiger partial charge in [-0.05, 0) is 29.8 Å². The average molecular weight is 383 g/mol. The second-order valence-electron chi connectivity index (χ2n) is 5.96. The highest BCUT2D eigenvalue weighted by Gasteiger charge is 2.48. The van der Waals surface area contributed by atoms with E-state index in [1.165, 1.54) is 42.5 Å². The molecule has 142 valence electrons. The van der Waals surface area contributed by atoms with Gasteiger partial charge in [0.25, 0.3) is 12.3 Å². The maximum Gasteiger partial charge on any atom is 0.270 e. The molecule has 1 atom stereocenters. The fourth-order valence-corrected chi connectivity index (χ4v) is 2.72. The van der Waals surface area contributed by atoms with Gasteiger partial charge in [-0.2, -0.15) is 0 Å².